The number of anilines is 1. The van der Waals surface area contributed by atoms with Gasteiger partial charge in [-0.25, -0.2) is 4.39 Å². The molecule has 0 unspecified atom stereocenters. The van der Waals surface area contributed by atoms with Crippen molar-refractivity contribution in [2.24, 2.45) is 0 Å². The van der Waals surface area contributed by atoms with E-state index in [1.807, 2.05) is 0 Å². The van der Waals surface area contributed by atoms with Gasteiger partial charge in [0, 0.05) is 28.9 Å². The molecular formula is C17H9F4N3O4. The number of nitro benzene ring substituents is 1. The fourth-order valence-electron chi connectivity index (χ4n) is 2.56. The third-order valence-electron chi connectivity index (χ3n) is 3.84. The lowest BCUT2D eigenvalue weighted by Crippen LogP contribution is -2.22. The number of fused-ring (bicyclic) bond motifs is 1. The Balaban J connectivity index is 2.00. The SMILES string of the molecule is O=C(Nc1ccc([N+](=O)[O-])c(C(F)(F)F)c1)c1c[nH]c2ccc(F)cc2c1=O. The molecule has 2 aromatic carbocycles. The highest BCUT2D eigenvalue weighted by Gasteiger charge is 2.38. The van der Waals surface area contributed by atoms with Crippen molar-refractivity contribution in [3.63, 3.8) is 0 Å². The van der Waals surface area contributed by atoms with E-state index in [-0.39, 0.29) is 10.9 Å². The number of nitrogens with one attached hydrogen (secondary N) is 2. The number of alkyl halides is 3. The predicted octanol–water partition coefficient (Wildman–Crippen LogP) is 3.85. The summed E-state index contributed by atoms with van der Waals surface area (Å²) in [6, 6.07) is 5.20. The van der Waals surface area contributed by atoms with E-state index in [4.69, 9.17) is 0 Å². The highest BCUT2D eigenvalue weighted by atomic mass is 19.4. The van der Waals surface area contributed by atoms with Gasteiger partial charge in [0.15, 0.2) is 0 Å². The molecular weight excluding hydrogens is 386 g/mol. The summed E-state index contributed by atoms with van der Waals surface area (Å²) < 4.78 is 52.4. The highest BCUT2D eigenvalue weighted by molar-refractivity contribution is 6.05. The third-order valence-corrected chi connectivity index (χ3v) is 3.84. The van der Waals surface area contributed by atoms with Crippen LogP contribution >= 0.6 is 0 Å². The Labute approximate surface area is 152 Å². The molecule has 0 bridgehead atoms. The molecule has 11 heteroatoms. The van der Waals surface area contributed by atoms with Gasteiger partial charge in [0.25, 0.3) is 11.6 Å². The van der Waals surface area contributed by atoms with Gasteiger partial charge in [-0.2, -0.15) is 13.2 Å². The van der Waals surface area contributed by atoms with E-state index in [1.54, 1.807) is 0 Å². The Kier molecular flexibility index (Phi) is 4.59. The summed E-state index contributed by atoms with van der Waals surface area (Å²) in [6.45, 7) is 0. The Bertz CT molecular complexity index is 1170. The number of aromatic amines is 1. The Morgan fingerprint density at radius 3 is 2.50 bits per heavy atom. The van der Waals surface area contributed by atoms with Gasteiger partial charge in [-0.3, -0.25) is 19.7 Å². The van der Waals surface area contributed by atoms with Crippen LogP contribution in [0.4, 0.5) is 28.9 Å². The van der Waals surface area contributed by atoms with E-state index < -0.39 is 50.8 Å². The average Bonchev–Trinajstić information content (AvgIpc) is 2.61. The first kappa shape index (κ1) is 19.0. The molecule has 0 radical (unpaired) electrons. The second-order valence-electron chi connectivity index (χ2n) is 5.66. The number of aromatic nitrogens is 1. The summed E-state index contributed by atoms with van der Waals surface area (Å²) in [5.74, 6) is -1.77. The summed E-state index contributed by atoms with van der Waals surface area (Å²) in [6.07, 6.45) is -3.99. The number of H-pyrrole nitrogens is 1. The second-order valence-corrected chi connectivity index (χ2v) is 5.66. The molecule has 28 heavy (non-hydrogen) atoms. The lowest BCUT2D eigenvalue weighted by atomic mass is 10.1. The Morgan fingerprint density at radius 1 is 1.14 bits per heavy atom. The number of rotatable bonds is 3. The smallest absolute Gasteiger partial charge is 0.360 e. The first-order chi connectivity index (χ1) is 13.1. The maximum absolute atomic E-state index is 13.3. The zero-order chi connectivity index (χ0) is 20.6. The Hall–Kier alpha value is -3.76. The predicted molar refractivity (Wildman–Crippen MR) is 90.6 cm³/mol. The number of benzene rings is 2. The van der Waals surface area contributed by atoms with E-state index in [2.05, 4.69) is 10.3 Å². The van der Waals surface area contributed by atoms with Crippen LogP contribution in [0.2, 0.25) is 0 Å². The monoisotopic (exact) mass is 395 g/mol. The van der Waals surface area contributed by atoms with Crippen LogP contribution in [0.25, 0.3) is 10.9 Å². The molecule has 0 aliphatic heterocycles. The number of pyridine rings is 1. The zero-order valence-electron chi connectivity index (χ0n) is 13.6. The first-order valence-corrected chi connectivity index (χ1v) is 7.56. The minimum absolute atomic E-state index is 0.118. The molecule has 0 fully saturated rings. The van der Waals surface area contributed by atoms with E-state index in [1.165, 1.54) is 6.07 Å². The maximum Gasteiger partial charge on any atom is 0.423 e. The molecule has 3 aromatic rings. The molecule has 0 saturated heterocycles. The van der Waals surface area contributed by atoms with Gasteiger partial charge in [0.2, 0.25) is 5.43 Å². The van der Waals surface area contributed by atoms with Crippen LogP contribution in [0, 0.1) is 15.9 Å². The molecule has 144 valence electrons. The second kappa shape index (κ2) is 6.76. The van der Waals surface area contributed by atoms with Gasteiger partial charge < -0.3 is 10.3 Å². The minimum Gasteiger partial charge on any atom is -0.360 e. The zero-order valence-corrected chi connectivity index (χ0v) is 13.6. The molecule has 1 aromatic heterocycles. The standard InChI is InChI=1S/C17H9F4N3O4/c18-8-1-3-13-10(5-8)15(25)11(7-22-13)16(26)23-9-2-4-14(24(27)28)12(6-9)17(19,20)21/h1-7H,(H,22,25)(H,23,26). The number of halogens is 4. The van der Waals surface area contributed by atoms with Crippen molar-refractivity contribution >= 4 is 28.2 Å². The van der Waals surface area contributed by atoms with E-state index in [0.29, 0.717) is 12.1 Å². The van der Waals surface area contributed by atoms with Crippen molar-refractivity contribution in [2.75, 3.05) is 5.32 Å². The molecule has 0 aliphatic carbocycles. The van der Waals surface area contributed by atoms with E-state index in [0.717, 1.165) is 24.4 Å². The van der Waals surface area contributed by atoms with Gasteiger partial charge >= 0.3 is 6.18 Å². The molecule has 0 aliphatic rings. The van der Waals surface area contributed by atoms with Crippen LogP contribution in [0.15, 0.2) is 47.4 Å². The number of carbonyl (C=O) groups is 1. The normalized spacial score (nSPS) is 11.4. The van der Waals surface area contributed by atoms with Crippen molar-refractivity contribution in [2.45, 2.75) is 6.18 Å². The largest absolute Gasteiger partial charge is 0.423 e. The number of carbonyl (C=O) groups excluding carboxylic acids is 1. The van der Waals surface area contributed by atoms with Gasteiger partial charge in [0.05, 0.1) is 4.92 Å². The summed E-state index contributed by atoms with van der Waals surface area (Å²) in [5, 5.41) is 12.7. The molecule has 1 heterocycles. The lowest BCUT2D eigenvalue weighted by Gasteiger charge is -2.11. The van der Waals surface area contributed by atoms with Crippen LogP contribution in [-0.4, -0.2) is 15.8 Å². The maximum atomic E-state index is 13.3. The molecule has 0 atom stereocenters. The quantitative estimate of drug-likeness (QED) is 0.399. The van der Waals surface area contributed by atoms with Crippen LogP contribution in [0.5, 0.6) is 0 Å². The van der Waals surface area contributed by atoms with Crippen LogP contribution in [-0.2, 0) is 6.18 Å². The van der Waals surface area contributed by atoms with Crippen LogP contribution < -0.4 is 10.7 Å². The van der Waals surface area contributed by atoms with Gasteiger partial charge in [-0.15, -0.1) is 0 Å². The van der Waals surface area contributed by atoms with Crippen molar-refractivity contribution in [1.29, 1.82) is 0 Å². The fourth-order valence-corrected chi connectivity index (χ4v) is 2.56. The molecule has 7 nitrogen and oxygen atoms in total. The summed E-state index contributed by atoms with van der Waals surface area (Å²) in [5.41, 5.74) is -4.16. The van der Waals surface area contributed by atoms with Gasteiger partial charge in [-0.1, -0.05) is 0 Å². The minimum atomic E-state index is -5.03. The van der Waals surface area contributed by atoms with E-state index in [9.17, 15) is 37.3 Å². The molecule has 0 saturated carbocycles. The highest BCUT2D eigenvalue weighted by Crippen LogP contribution is 2.37. The first-order valence-electron chi connectivity index (χ1n) is 7.56. The number of hydrogen-bond acceptors (Lipinski definition) is 4. The lowest BCUT2D eigenvalue weighted by molar-refractivity contribution is -0.388. The van der Waals surface area contributed by atoms with Crippen molar-refractivity contribution in [3.8, 4) is 0 Å². The molecule has 3 rings (SSSR count). The van der Waals surface area contributed by atoms with Crippen molar-refractivity contribution < 1.29 is 27.3 Å². The number of amides is 1. The van der Waals surface area contributed by atoms with Crippen LogP contribution in [0.1, 0.15) is 15.9 Å². The number of nitrogens with zero attached hydrogens (tertiary/aromatic N) is 1. The topological polar surface area (TPSA) is 105 Å². The molecule has 1 amide bonds. The summed E-state index contributed by atoms with van der Waals surface area (Å²) in [7, 11) is 0. The van der Waals surface area contributed by atoms with E-state index >= 15 is 0 Å². The number of hydrogen-bond donors (Lipinski definition) is 2. The summed E-state index contributed by atoms with van der Waals surface area (Å²) in [4.78, 5) is 36.9. The average molecular weight is 395 g/mol. The Morgan fingerprint density at radius 2 is 1.86 bits per heavy atom. The van der Waals surface area contributed by atoms with Crippen molar-refractivity contribution in [1.82, 2.24) is 4.98 Å². The third kappa shape index (κ3) is 3.54. The number of nitro groups is 1. The molecule has 2 N–H and O–H groups in total. The molecule has 0 spiro atoms. The fraction of sp³-hybridized carbons (Fsp3) is 0.0588. The van der Waals surface area contributed by atoms with Gasteiger partial charge in [0.1, 0.15) is 16.9 Å². The summed E-state index contributed by atoms with van der Waals surface area (Å²) >= 11 is 0. The van der Waals surface area contributed by atoms with Crippen LogP contribution in [0.3, 0.4) is 0 Å². The van der Waals surface area contributed by atoms with Crippen molar-refractivity contribution in [3.05, 3.63) is 79.9 Å². The van der Waals surface area contributed by atoms with Gasteiger partial charge in [-0.05, 0) is 30.3 Å².